The molecule has 27 heavy (non-hydrogen) atoms. The highest BCUT2D eigenvalue weighted by Gasteiger charge is 2.52. The van der Waals surface area contributed by atoms with Gasteiger partial charge in [-0.2, -0.15) is 0 Å². The van der Waals surface area contributed by atoms with Crippen molar-refractivity contribution in [2.24, 2.45) is 17.8 Å². The standard InChI is InChI=1S/C20H28N4O3/c1-11(2)23-16(25)10-21-17(26)15-9-22-19(24-18(15)27)20-6-12-3-13(7-20)5-14(4-12)8-20/h9,11-14H,3-8,10H2,1-2H3,(H,21,26)(H,23,25)(H,22,24,27). The Hall–Kier alpha value is -2.18. The first kappa shape index (κ1) is 18.2. The van der Waals surface area contributed by atoms with Crippen LogP contribution >= 0.6 is 0 Å². The molecule has 146 valence electrons. The van der Waals surface area contributed by atoms with E-state index in [0.717, 1.165) is 42.8 Å². The number of amides is 2. The average molecular weight is 372 g/mol. The van der Waals surface area contributed by atoms with Gasteiger partial charge in [0, 0.05) is 17.7 Å². The zero-order valence-corrected chi connectivity index (χ0v) is 16.0. The van der Waals surface area contributed by atoms with Gasteiger partial charge in [0.1, 0.15) is 11.4 Å². The van der Waals surface area contributed by atoms with Crippen molar-refractivity contribution in [1.29, 1.82) is 0 Å². The van der Waals surface area contributed by atoms with Crippen molar-refractivity contribution in [2.75, 3.05) is 6.54 Å². The Balaban J connectivity index is 1.48. The molecule has 7 heteroatoms. The Morgan fingerprint density at radius 2 is 1.78 bits per heavy atom. The molecule has 0 aromatic carbocycles. The van der Waals surface area contributed by atoms with E-state index in [9.17, 15) is 14.4 Å². The van der Waals surface area contributed by atoms with Crippen molar-refractivity contribution in [2.45, 2.75) is 63.8 Å². The van der Waals surface area contributed by atoms with Crippen LogP contribution in [0.2, 0.25) is 0 Å². The van der Waals surface area contributed by atoms with Crippen LogP contribution in [0.1, 0.15) is 68.6 Å². The maximum atomic E-state index is 12.5. The second-order valence-corrected chi connectivity index (χ2v) is 9.08. The van der Waals surface area contributed by atoms with E-state index >= 15 is 0 Å². The molecule has 0 unspecified atom stereocenters. The molecule has 0 spiro atoms. The maximum Gasteiger partial charge on any atom is 0.263 e. The highest BCUT2D eigenvalue weighted by atomic mass is 16.2. The van der Waals surface area contributed by atoms with Crippen molar-refractivity contribution >= 4 is 11.8 Å². The third-order valence-electron chi connectivity index (χ3n) is 6.44. The highest BCUT2D eigenvalue weighted by Crippen LogP contribution is 2.59. The Kier molecular flexibility index (Phi) is 4.56. The smallest absolute Gasteiger partial charge is 0.263 e. The van der Waals surface area contributed by atoms with Crippen molar-refractivity contribution in [3.05, 3.63) is 27.9 Å². The van der Waals surface area contributed by atoms with E-state index in [1.807, 2.05) is 13.8 Å². The predicted molar refractivity (Wildman–Crippen MR) is 100 cm³/mol. The summed E-state index contributed by atoms with van der Waals surface area (Å²) in [6.45, 7) is 3.53. The lowest BCUT2D eigenvalue weighted by molar-refractivity contribution is -0.120. The molecule has 7 nitrogen and oxygen atoms in total. The molecule has 3 N–H and O–H groups in total. The number of rotatable bonds is 5. The summed E-state index contributed by atoms with van der Waals surface area (Å²) in [5, 5.41) is 5.18. The lowest BCUT2D eigenvalue weighted by atomic mass is 9.49. The second kappa shape index (κ2) is 6.77. The van der Waals surface area contributed by atoms with Crippen LogP contribution in [0.15, 0.2) is 11.0 Å². The van der Waals surface area contributed by atoms with Crippen LogP contribution < -0.4 is 16.2 Å². The summed E-state index contributed by atoms with van der Waals surface area (Å²) in [6.07, 6.45) is 8.64. The molecule has 4 saturated carbocycles. The van der Waals surface area contributed by atoms with Crippen LogP contribution in [0.5, 0.6) is 0 Å². The molecule has 4 aliphatic rings. The summed E-state index contributed by atoms with van der Waals surface area (Å²) in [5.74, 6) is 2.16. The van der Waals surface area contributed by atoms with Gasteiger partial charge in [0.25, 0.3) is 11.5 Å². The number of H-pyrrole nitrogens is 1. The van der Waals surface area contributed by atoms with Gasteiger partial charge in [-0.15, -0.1) is 0 Å². The molecule has 0 atom stereocenters. The fourth-order valence-electron chi connectivity index (χ4n) is 5.86. The fourth-order valence-corrected chi connectivity index (χ4v) is 5.86. The maximum absolute atomic E-state index is 12.5. The quantitative estimate of drug-likeness (QED) is 0.728. The molecule has 5 rings (SSSR count). The van der Waals surface area contributed by atoms with Crippen LogP contribution in [-0.2, 0) is 10.2 Å². The van der Waals surface area contributed by atoms with E-state index < -0.39 is 11.5 Å². The van der Waals surface area contributed by atoms with E-state index in [1.54, 1.807) is 0 Å². The lowest BCUT2D eigenvalue weighted by Gasteiger charge is -2.56. The van der Waals surface area contributed by atoms with Crippen LogP contribution in [0.25, 0.3) is 0 Å². The molecule has 1 heterocycles. The zero-order chi connectivity index (χ0) is 19.2. The van der Waals surface area contributed by atoms with Gasteiger partial charge in [-0.25, -0.2) is 4.98 Å². The molecule has 1 aromatic heterocycles. The summed E-state index contributed by atoms with van der Waals surface area (Å²) in [5.41, 5.74) is -0.474. The summed E-state index contributed by atoms with van der Waals surface area (Å²) >= 11 is 0. The topological polar surface area (TPSA) is 104 Å². The number of hydrogen-bond acceptors (Lipinski definition) is 4. The number of carbonyl (C=O) groups is 2. The molecule has 0 radical (unpaired) electrons. The average Bonchev–Trinajstić information content (AvgIpc) is 2.58. The van der Waals surface area contributed by atoms with Crippen LogP contribution in [0.4, 0.5) is 0 Å². The third-order valence-corrected chi connectivity index (χ3v) is 6.44. The monoisotopic (exact) mass is 372 g/mol. The molecular formula is C20H28N4O3. The van der Waals surface area contributed by atoms with E-state index in [1.165, 1.54) is 25.5 Å². The van der Waals surface area contributed by atoms with Gasteiger partial charge in [-0.3, -0.25) is 14.4 Å². The second-order valence-electron chi connectivity index (χ2n) is 9.08. The number of nitrogens with zero attached hydrogens (tertiary/aromatic N) is 1. The molecule has 1 aromatic rings. The van der Waals surface area contributed by atoms with Crippen LogP contribution in [-0.4, -0.2) is 34.4 Å². The summed E-state index contributed by atoms with van der Waals surface area (Å²) in [4.78, 5) is 43.9. The molecule has 4 fully saturated rings. The first-order valence-corrected chi connectivity index (χ1v) is 10.0. The van der Waals surface area contributed by atoms with Gasteiger partial charge in [0.2, 0.25) is 5.91 Å². The number of aromatic nitrogens is 2. The van der Waals surface area contributed by atoms with Crippen molar-refractivity contribution in [3.63, 3.8) is 0 Å². The predicted octanol–water partition coefficient (Wildman–Crippen LogP) is 1.49. The molecule has 4 aliphatic carbocycles. The van der Waals surface area contributed by atoms with Crippen molar-refractivity contribution in [3.8, 4) is 0 Å². The summed E-state index contributed by atoms with van der Waals surface area (Å²) < 4.78 is 0. The van der Waals surface area contributed by atoms with Gasteiger partial charge in [-0.05, 0) is 70.1 Å². The molecular weight excluding hydrogens is 344 g/mol. The van der Waals surface area contributed by atoms with Crippen molar-refractivity contribution in [1.82, 2.24) is 20.6 Å². The molecule has 2 amide bonds. The van der Waals surface area contributed by atoms with Crippen LogP contribution in [0, 0.1) is 17.8 Å². The normalized spacial score (nSPS) is 31.1. The van der Waals surface area contributed by atoms with Crippen LogP contribution in [0.3, 0.4) is 0 Å². The van der Waals surface area contributed by atoms with E-state index in [2.05, 4.69) is 20.6 Å². The Morgan fingerprint density at radius 3 is 2.30 bits per heavy atom. The molecule has 4 bridgehead atoms. The number of aromatic amines is 1. The first-order chi connectivity index (χ1) is 12.8. The Bertz CT molecular complexity index is 778. The third kappa shape index (κ3) is 3.51. The van der Waals surface area contributed by atoms with Crippen molar-refractivity contribution < 1.29 is 9.59 Å². The van der Waals surface area contributed by atoms with E-state index in [4.69, 9.17) is 0 Å². The van der Waals surface area contributed by atoms with Gasteiger partial charge in [-0.1, -0.05) is 0 Å². The number of carbonyl (C=O) groups excluding carboxylic acids is 2. The zero-order valence-electron chi connectivity index (χ0n) is 16.0. The van der Waals surface area contributed by atoms with Gasteiger partial charge >= 0.3 is 0 Å². The highest BCUT2D eigenvalue weighted by molar-refractivity contribution is 5.95. The number of nitrogens with one attached hydrogen (secondary N) is 3. The lowest BCUT2D eigenvalue weighted by Crippen LogP contribution is -2.50. The Labute approximate surface area is 158 Å². The van der Waals surface area contributed by atoms with E-state index in [0.29, 0.717) is 0 Å². The van der Waals surface area contributed by atoms with E-state index in [-0.39, 0.29) is 29.5 Å². The molecule has 0 aliphatic heterocycles. The van der Waals surface area contributed by atoms with Gasteiger partial charge in [0.05, 0.1) is 6.54 Å². The first-order valence-electron chi connectivity index (χ1n) is 10.0. The number of hydrogen-bond donors (Lipinski definition) is 3. The molecule has 0 saturated heterocycles. The Morgan fingerprint density at radius 1 is 1.19 bits per heavy atom. The van der Waals surface area contributed by atoms with Gasteiger partial charge < -0.3 is 15.6 Å². The SMILES string of the molecule is CC(C)NC(=O)CNC(=O)c1cnc(C23CC4CC(CC(C4)C2)C3)[nH]c1=O. The fraction of sp³-hybridized carbons (Fsp3) is 0.700. The minimum atomic E-state index is -0.570. The minimum Gasteiger partial charge on any atom is -0.352 e. The van der Waals surface area contributed by atoms with Gasteiger partial charge in [0.15, 0.2) is 0 Å². The summed E-state index contributed by atoms with van der Waals surface area (Å²) in [7, 11) is 0. The minimum absolute atomic E-state index is 0.000893. The summed E-state index contributed by atoms with van der Waals surface area (Å²) in [6, 6.07) is -0.000893. The largest absolute Gasteiger partial charge is 0.352 e.